The average molecular weight is 204 g/mol. The highest BCUT2D eigenvalue weighted by molar-refractivity contribution is 5.36. The van der Waals surface area contributed by atoms with Gasteiger partial charge in [-0.2, -0.15) is 0 Å². The van der Waals surface area contributed by atoms with Crippen molar-refractivity contribution in [2.24, 2.45) is 5.92 Å². The third-order valence-corrected chi connectivity index (χ3v) is 3.72. The summed E-state index contributed by atoms with van der Waals surface area (Å²) >= 11 is 0. The summed E-state index contributed by atoms with van der Waals surface area (Å²) in [5, 5.41) is 9.68. The van der Waals surface area contributed by atoms with Crippen molar-refractivity contribution < 1.29 is 5.11 Å². The SMILES string of the molecule is Cc1ccc(C2CCC(C)CC2)cc1O. The number of phenols is 1. The van der Waals surface area contributed by atoms with Gasteiger partial charge in [0.05, 0.1) is 0 Å². The number of benzene rings is 1. The zero-order valence-electron chi connectivity index (χ0n) is 9.66. The van der Waals surface area contributed by atoms with Crippen molar-refractivity contribution in [2.45, 2.75) is 45.4 Å². The Bertz CT molecular complexity index is 335. The van der Waals surface area contributed by atoms with E-state index in [1.807, 2.05) is 19.1 Å². The third kappa shape index (κ3) is 2.34. The van der Waals surface area contributed by atoms with Gasteiger partial charge >= 0.3 is 0 Å². The number of rotatable bonds is 1. The van der Waals surface area contributed by atoms with Crippen LogP contribution in [0.5, 0.6) is 5.75 Å². The number of hydrogen-bond acceptors (Lipinski definition) is 1. The van der Waals surface area contributed by atoms with Crippen molar-refractivity contribution in [1.29, 1.82) is 0 Å². The Morgan fingerprint density at radius 2 is 1.80 bits per heavy atom. The molecule has 1 fully saturated rings. The molecule has 0 unspecified atom stereocenters. The molecular formula is C14H20O. The molecule has 0 spiro atoms. The van der Waals surface area contributed by atoms with Crippen molar-refractivity contribution in [3.05, 3.63) is 29.3 Å². The molecule has 1 N–H and O–H groups in total. The Labute approximate surface area is 92.1 Å². The van der Waals surface area contributed by atoms with Crippen LogP contribution in [0.15, 0.2) is 18.2 Å². The van der Waals surface area contributed by atoms with E-state index >= 15 is 0 Å². The Morgan fingerprint density at radius 1 is 1.13 bits per heavy atom. The Kier molecular flexibility index (Phi) is 2.99. The van der Waals surface area contributed by atoms with Crippen LogP contribution in [0.25, 0.3) is 0 Å². The van der Waals surface area contributed by atoms with Gasteiger partial charge in [-0.15, -0.1) is 0 Å². The quantitative estimate of drug-likeness (QED) is 0.733. The Morgan fingerprint density at radius 3 is 2.40 bits per heavy atom. The van der Waals surface area contributed by atoms with E-state index < -0.39 is 0 Å². The van der Waals surface area contributed by atoms with Gasteiger partial charge in [-0.1, -0.05) is 31.9 Å². The topological polar surface area (TPSA) is 20.2 Å². The largest absolute Gasteiger partial charge is 0.508 e. The van der Waals surface area contributed by atoms with E-state index in [0.717, 1.165) is 11.5 Å². The number of aromatic hydroxyl groups is 1. The second-order valence-electron chi connectivity index (χ2n) is 5.00. The van der Waals surface area contributed by atoms with Gasteiger partial charge in [-0.25, -0.2) is 0 Å². The molecule has 0 bridgehead atoms. The number of phenolic OH excluding ortho intramolecular Hbond substituents is 1. The molecule has 0 atom stereocenters. The standard InChI is InChI=1S/C14H20O/c1-10-3-6-12(7-4-10)13-8-5-11(2)14(15)9-13/h5,8-10,12,15H,3-4,6-7H2,1-2H3. The van der Waals surface area contributed by atoms with Crippen LogP contribution in [0.2, 0.25) is 0 Å². The summed E-state index contributed by atoms with van der Waals surface area (Å²) in [5.41, 5.74) is 2.30. The van der Waals surface area contributed by atoms with Crippen LogP contribution in [0.3, 0.4) is 0 Å². The van der Waals surface area contributed by atoms with Gasteiger partial charge in [0.25, 0.3) is 0 Å². The van der Waals surface area contributed by atoms with E-state index in [9.17, 15) is 5.11 Å². The van der Waals surface area contributed by atoms with Crippen molar-refractivity contribution in [2.75, 3.05) is 0 Å². The highest BCUT2D eigenvalue weighted by Crippen LogP contribution is 2.36. The van der Waals surface area contributed by atoms with Crippen LogP contribution in [-0.4, -0.2) is 5.11 Å². The summed E-state index contributed by atoms with van der Waals surface area (Å²) in [6.45, 7) is 4.28. The predicted octanol–water partition coefficient (Wildman–Crippen LogP) is 3.99. The lowest BCUT2D eigenvalue weighted by atomic mass is 9.79. The lowest BCUT2D eigenvalue weighted by Gasteiger charge is -2.26. The fourth-order valence-corrected chi connectivity index (χ4v) is 2.47. The molecule has 2 rings (SSSR count). The van der Waals surface area contributed by atoms with Gasteiger partial charge in [0.1, 0.15) is 5.75 Å². The molecule has 1 saturated carbocycles. The Balaban J connectivity index is 2.12. The summed E-state index contributed by atoms with van der Waals surface area (Å²) in [6, 6.07) is 6.16. The summed E-state index contributed by atoms with van der Waals surface area (Å²) in [5.74, 6) is 2.01. The second kappa shape index (κ2) is 4.26. The fourth-order valence-electron chi connectivity index (χ4n) is 2.47. The van der Waals surface area contributed by atoms with Crippen LogP contribution in [-0.2, 0) is 0 Å². The smallest absolute Gasteiger partial charge is 0.118 e. The van der Waals surface area contributed by atoms with E-state index in [1.54, 1.807) is 0 Å². The molecule has 0 radical (unpaired) electrons. The van der Waals surface area contributed by atoms with Crippen LogP contribution < -0.4 is 0 Å². The first kappa shape index (κ1) is 10.5. The first-order valence-corrected chi connectivity index (χ1v) is 5.96. The van der Waals surface area contributed by atoms with Gasteiger partial charge in [0.15, 0.2) is 0 Å². The molecule has 1 nitrogen and oxygen atoms in total. The highest BCUT2D eigenvalue weighted by Gasteiger charge is 2.19. The number of aryl methyl sites for hydroxylation is 1. The average Bonchev–Trinajstić information content (AvgIpc) is 2.23. The maximum absolute atomic E-state index is 9.68. The summed E-state index contributed by atoms with van der Waals surface area (Å²) in [4.78, 5) is 0. The lowest BCUT2D eigenvalue weighted by molar-refractivity contribution is 0.347. The third-order valence-electron chi connectivity index (χ3n) is 3.72. The molecule has 0 heterocycles. The lowest BCUT2D eigenvalue weighted by Crippen LogP contribution is -2.10. The minimum absolute atomic E-state index is 0.450. The van der Waals surface area contributed by atoms with Crippen LogP contribution in [0.4, 0.5) is 0 Å². The van der Waals surface area contributed by atoms with Crippen LogP contribution >= 0.6 is 0 Å². The van der Waals surface area contributed by atoms with Gasteiger partial charge in [0, 0.05) is 0 Å². The van der Waals surface area contributed by atoms with Crippen molar-refractivity contribution >= 4 is 0 Å². The molecule has 1 aromatic rings. The predicted molar refractivity (Wildman–Crippen MR) is 63.2 cm³/mol. The first-order chi connectivity index (χ1) is 7.16. The minimum atomic E-state index is 0.450. The molecule has 82 valence electrons. The van der Waals surface area contributed by atoms with Gasteiger partial charge in [0.2, 0.25) is 0 Å². The number of hydrogen-bond donors (Lipinski definition) is 1. The molecule has 0 amide bonds. The van der Waals surface area contributed by atoms with E-state index in [0.29, 0.717) is 11.7 Å². The molecule has 1 aliphatic rings. The molecule has 0 aliphatic heterocycles. The molecule has 1 heteroatoms. The highest BCUT2D eigenvalue weighted by atomic mass is 16.3. The second-order valence-corrected chi connectivity index (χ2v) is 5.00. The van der Waals surface area contributed by atoms with Crippen molar-refractivity contribution in [1.82, 2.24) is 0 Å². The summed E-state index contributed by atoms with van der Waals surface area (Å²) in [6.07, 6.45) is 5.23. The molecule has 1 aliphatic carbocycles. The van der Waals surface area contributed by atoms with Crippen molar-refractivity contribution in [3.8, 4) is 5.75 Å². The normalized spacial score (nSPS) is 26.5. The zero-order valence-corrected chi connectivity index (χ0v) is 9.66. The Hall–Kier alpha value is -0.980. The molecule has 15 heavy (non-hydrogen) atoms. The summed E-state index contributed by atoms with van der Waals surface area (Å²) in [7, 11) is 0. The van der Waals surface area contributed by atoms with Crippen LogP contribution in [0, 0.1) is 12.8 Å². The van der Waals surface area contributed by atoms with E-state index in [-0.39, 0.29) is 0 Å². The van der Waals surface area contributed by atoms with Gasteiger partial charge in [-0.3, -0.25) is 0 Å². The van der Waals surface area contributed by atoms with Gasteiger partial charge < -0.3 is 5.11 Å². The molecule has 0 saturated heterocycles. The monoisotopic (exact) mass is 204 g/mol. The summed E-state index contributed by atoms with van der Waals surface area (Å²) < 4.78 is 0. The first-order valence-electron chi connectivity index (χ1n) is 5.96. The maximum atomic E-state index is 9.68. The maximum Gasteiger partial charge on any atom is 0.118 e. The van der Waals surface area contributed by atoms with Gasteiger partial charge in [-0.05, 0) is 48.8 Å². The van der Waals surface area contributed by atoms with E-state index in [1.165, 1.54) is 31.2 Å². The molecular weight excluding hydrogens is 184 g/mol. The van der Waals surface area contributed by atoms with E-state index in [2.05, 4.69) is 13.0 Å². The fraction of sp³-hybridized carbons (Fsp3) is 0.571. The minimum Gasteiger partial charge on any atom is -0.508 e. The zero-order chi connectivity index (χ0) is 10.8. The van der Waals surface area contributed by atoms with Crippen molar-refractivity contribution in [3.63, 3.8) is 0 Å². The molecule has 0 aromatic heterocycles. The van der Waals surface area contributed by atoms with E-state index in [4.69, 9.17) is 0 Å². The molecule has 1 aromatic carbocycles. The van der Waals surface area contributed by atoms with Crippen LogP contribution in [0.1, 0.15) is 49.7 Å².